The molecule has 0 aliphatic carbocycles. The maximum absolute atomic E-state index is 13.2. The summed E-state index contributed by atoms with van der Waals surface area (Å²) in [5.74, 6) is 1.37. The van der Waals surface area contributed by atoms with Crippen molar-refractivity contribution in [2.24, 2.45) is 11.8 Å². The minimum absolute atomic E-state index is 0.00190. The lowest BCUT2D eigenvalue weighted by Gasteiger charge is -2.37. The number of rotatable bonds is 10. The number of ether oxygens (including phenoxy) is 3. The van der Waals surface area contributed by atoms with Crippen LogP contribution in [0, 0.1) is 11.8 Å². The summed E-state index contributed by atoms with van der Waals surface area (Å²) < 4.78 is 30.3. The third kappa shape index (κ3) is 7.12. The van der Waals surface area contributed by atoms with E-state index >= 15 is 0 Å². The van der Waals surface area contributed by atoms with Crippen LogP contribution in [0.5, 0.6) is 23.0 Å². The van der Waals surface area contributed by atoms with Gasteiger partial charge in [-0.3, -0.25) is 4.79 Å². The molecule has 3 rings (SSSR count). The van der Waals surface area contributed by atoms with E-state index < -0.39 is 34.6 Å². The van der Waals surface area contributed by atoms with Crippen LogP contribution in [0.4, 0.5) is 0 Å². The first-order chi connectivity index (χ1) is 18.8. The lowest BCUT2D eigenvalue weighted by Crippen LogP contribution is -2.44. The number of cyclic esters (lactones) is 1. The van der Waals surface area contributed by atoms with E-state index in [-0.39, 0.29) is 22.7 Å². The molecule has 41 heavy (non-hydrogen) atoms. The van der Waals surface area contributed by atoms with Gasteiger partial charge in [0, 0.05) is 5.92 Å². The van der Waals surface area contributed by atoms with Crippen molar-refractivity contribution in [3.05, 3.63) is 47.5 Å². The fourth-order valence-electron chi connectivity index (χ4n) is 4.45. The van der Waals surface area contributed by atoms with Crippen LogP contribution in [0.2, 0.25) is 36.3 Å². The van der Waals surface area contributed by atoms with Crippen molar-refractivity contribution in [1.29, 1.82) is 0 Å². The summed E-state index contributed by atoms with van der Waals surface area (Å²) in [7, 11) is -1.03. The predicted molar refractivity (Wildman–Crippen MR) is 168 cm³/mol. The quantitative estimate of drug-likeness (QED) is 0.222. The number of methoxy groups -OCH3 is 2. The van der Waals surface area contributed by atoms with Crippen LogP contribution < -0.4 is 18.3 Å². The van der Waals surface area contributed by atoms with Gasteiger partial charge in [-0.2, -0.15) is 0 Å². The average molecular weight is 603 g/mol. The number of hydrogen-bond acceptors (Lipinski definition) is 7. The second kappa shape index (κ2) is 12.0. The smallest absolute Gasteiger partial charge is 0.310 e. The van der Waals surface area contributed by atoms with Gasteiger partial charge < -0.3 is 28.2 Å². The topological polar surface area (TPSA) is 83.5 Å². The molecule has 228 valence electrons. The molecule has 0 unspecified atom stereocenters. The van der Waals surface area contributed by atoms with Gasteiger partial charge in [0.2, 0.25) is 0 Å². The molecule has 1 aliphatic rings. The molecule has 1 heterocycles. The van der Waals surface area contributed by atoms with Gasteiger partial charge >= 0.3 is 5.97 Å². The molecule has 1 saturated heterocycles. The molecular formula is C32H50O7Si2. The lowest BCUT2D eigenvalue weighted by atomic mass is 9.84. The van der Waals surface area contributed by atoms with Crippen LogP contribution in [0.3, 0.4) is 0 Å². The first kappa shape index (κ1) is 33.0. The van der Waals surface area contributed by atoms with Gasteiger partial charge in [0.05, 0.1) is 26.7 Å². The molecule has 0 amide bonds. The molecular weight excluding hydrogens is 553 g/mol. The van der Waals surface area contributed by atoms with Crippen LogP contribution in [-0.4, -0.2) is 48.5 Å². The highest BCUT2D eigenvalue weighted by atomic mass is 28.4. The second-order valence-electron chi connectivity index (χ2n) is 14.1. The van der Waals surface area contributed by atoms with E-state index in [0.29, 0.717) is 29.4 Å². The Morgan fingerprint density at radius 3 is 1.73 bits per heavy atom. The predicted octanol–water partition coefficient (Wildman–Crippen LogP) is 7.54. The van der Waals surface area contributed by atoms with Crippen molar-refractivity contribution in [2.45, 2.75) is 90.3 Å². The molecule has 0 saturated carbocycles. The molecule has 2 aromatic carbocycles. The lowest BCUT2D eigenvalue weighted by molar-refractivity contribution is -0.144. The Hall–Kier alpha value is -2.50. The van der Waals surface area contributed by atoms with Crippen molar-refractivity contribution < 1.29 is 33.0 Å². The number of carbonyl (C=O) groups is 1. The summed E-state index contributed by atoms with van der Waals surface area (Å²) in [6.07, 6.45) is -0.173. The molecule has 0 aromatic heterocycles. The summed E-state index contributed by atoms with van der Waals surface area (Å²) >= 11 is 0. The number of hydrogen-bond donors (Lipinski definition) is 1. The SMILES string of the molecule is COc1ccc(C[C@H]2C(=O)O[C@H](c3ccc(OC)c(O[Si](C)(C)C(C)(C)C)c3)[C@H]2CO)cc1O[Si](C)(C)C(C)(C)C. The summed E-state index contributed by atoms with van der Waals surface area (Å²) in [5, 5.41) is 10.5. The number of aliphatic hydroxyl groups is 1. The maximum Gasteiger partial charge on any atom is 0.310 e. The molecule has 1 N–H and O–H groups in total. The van der Waals surface area contributed by atoms with Crippen molar-refractivity contribution in [2.75, 3.05) is 20.8 Å². The standard InChI is InChI=1S/C32H50O7Si2/c1-31(2,3)40(9,10)38-27-18-21(13-15-25(27)35-7)17-23-24(20-33)29(37-30(23)34)22-14-16-26(36-8)28(19-22)39-41(11,12)32(4,5)6/h13-16,18-19,23-24,29,33H,17,20H2,1-12H3/t23-,24+,29-/m1/s1. The summed E-state index contributed by atoms with van der Waals surface area (Å²) in [4.78, 5) is 13.2. The highest BCUT2D eigenvalue weighted by Gasteiger charge is 2.46. The Balaban J connectivity index is 1.91. The number of benzene rings is 2. The molecule has 3 atom stereocenters. The van der Waals surface area contributed by atoms with Gasteiger partial charge in [-0.15, -0.1) is 0 Å². The molecule has 0 spiro atoms. The Kier molecular flexibility index (Phi) is 9.67. The van der Waals surface area contributed by atoms with Gasteiger partial charge in [0.1, 0.15) is 17.6 Å². The van der Waals surface area contributed by atoms with E-state index in [4.69, 9.17) is 23.1 Å². The zero-order chi connectivity index (χ0) is 31.0. The number of esters is 1. The minimum Gasteiger partial charge on any atom is -0.541 e. The first-order valence-electron chi connectivity index (χ1n) is 14.4. The van der Waals surface area contributed by atoms with Crippen molar-refractivity contribution >= 4 is 22.6 Å². The maximum atomic E-state index is 13.2. The number of aliphatic hydroxyl groups excluding tert-OH is 1. The monoisotopic (exact) mass is 602 g/mol. The molecule has 0 radical (unpaired) electrons. The Morgan fingerprint density at radius 2 is 1.27 bits per heavy atom. The first-order valence-corrected chi connectivity index (χ1v) is 20.2. The van der Waals surface area contributed by atoms with Crippen LogP contribution in [0.15, 0.2) is 36.4 Å². The Bertz CT molecular complexity index is 1230. The van der Waals surface area contributed by atoms with Gasteiger partial charge in [0.25, 0.3) is 16.6 Å². The van der Waals surface area contributed by atoms with Gasteiger partial charge in [0.15, 0.2) is 11.5 Å². The van der Waals surface area contributed by atoms with Crippen molar-refractivity contribution in [3.63, 3.8) is 0 Å². The normalized spacial score (nSPS) is 20.0. The molecule has 1 fully saturated rings. The van der Waals surface area contributed by atoms with E-state index in [1.54, 1.807) is 14.2 Å². The summed E-state index contributed by atoms with van der Waals surface area (Å²) in [5.41, 5.74) is 1.71. The van der Waals surface area contributed by atoms with Crippen LogP contribution in [-0.2, 0) is 16.0 Å². The van der Waals surface area contributed by atoms with E-state index in [0.717, 1.165) is 11.1 Å². The molecule has 9 heteroatoms. The van der Waals surface area contributed by atoms with E-state index in [2.05, 4.69) is 67.7 Å². The zero-order valence-corrected chi connectivity index (χ0v) is 29.0. The van der Waals surface area contributed by atoms with E-state index in [9.17, 15) is 9.90 Å². The molecule has 1 aliphatic heterocycles. The zero-order valence-electron chi connectivity index (χ0n) is 27.0. The van der Waals surface area contributed by atoms with Gasteiger partial charge in [-0.05, 0) is 78.1 Å². The van der Waals surface area contributed by atoms with E-state index in [1.807, 2.05) is 36.4 Å². The largest absolute Gasteiger partial charge is 0.541 e. The highest BCUT2D eigenvalue weighted by molar-refractivity contribution is 6.75. The fraction of sp³-hybridized carbons (Fsp3) is 0.594. The minimum atomic E-state index is -2.16. The fourth-order valence-corrected chi connectivity index (χ4v) is 6.48. The number of carbonyl (C=O) groups excluding carboxylic acids is 1. The third-order valence-corrected chi connectivity index (χ3v) is 17.9. The molecule has 0 bridgehead atoms. The Labute approximate surface area is 248 Å². The van der Waals surface area contributed by atoms with Crippen LogP contribution in [0.1, 0.15) is 58.8 Å². The molecule has 2 aromatic rings. The van der Waals surface area contributed by atoms with Gasteiger partial charge in [-0.1, -0.05) is 53.7 Å². The Morgan fingerprint density at radius 1 is 0.780 bits per heavy atom. The van der Waals surface area contributed by atoms with Crippen molar-refractivity contribution in [1.82, 2.24) is 0 Å². The second-order valence-corrected chi connectivity index (χ2v) is 23.6. The summed E-state index contributed by atoms with van der Waals surface area (Å²) in [6.45, 7) is 21.7. The van der Waals surface area contributed by atoms with E-state index in [1.165, 1.54) is 0 Å². The third-order valence-electron chi connectivity index (χ3n) is 9.20. The summed E-state index contributed by atoms with van der Waals surface area (Å²) in [6, 6.07) is 11.4. The highest BCUT2D eigenvalue weighted by Crippen LogP contribution is 2.46. The van der Waals surface area contributed by atoms with Gasteiger partial charge in [-0.25, -0.2) is 0 Å². The van der Waals surface area contributed by atoms with Crippen LogP contribution >= 0.6 is 0 Å². The molecule has 7 nitrogen and oxygen atoms in total. The van der Waals surface area contributed by atoms with Crippen LogP contribution in [0.25, 0.3) is 0 Å². The van der Waals surface area contributed by atoms with Crippen molar-refractivity contribution in [3.8, 4) is 23.0 Å². The average Bonchev–Trinajstić information content (AvgIpc) is 3.17.